The van der Waals surface area contributed by atoms with E-state index in [1.165, 1.54) is 0 Å². The van der Waals surface area contributed by atoms with Crippen LogP contribution in [0.25, 0.3) is 0 Å². The van der Waals surface area contributed by atoms with Crippen LogP contribution in [0.4, 0.5) is 0 Å². The van der Waals surface area contributed by atoms with Crippen molar-refractivity contribution < 1.29 is 9.47 Å². The zero-order valence-corrected chi connectivity index (χ0v) is 10.2. The molecule has 4 heteroatoms. The molecule has 0 saturated heterocycles. The lowest BCUT2D eigenvalue weighted by Gasteiger charge is -2.13. The highest BCUT2D eigenvalue weighted by molar-refractivity contribution is 5.80. The summed E-state index contributed by atoms with van der Waals surface area (Å²) < 4.78 is 10.9. The van der Waals surface area contributed by atoms with Crippen LogP contribution >= 0.6 is 0 Å². The number of hydrogen-bond donors (Lipinski definition) is 1. The van der Waals surface area contributed by atoms with Gasteiger partial charge in [0.2, 0.25) is 0 Å². The number of rotatable bonds is 5. The summed E-state index contributed by atoms with van der Waals surface area (Å²) in [5.41, 5.74) is 3.66. The Hall–Kier alpha value is -1.71. The monoisotopic (exact) mass is 222 g/mol. The number of hydrogen-bond acceptors (Lipinski definition) is 4. The number of ether oxygens (including phenoxy) is 2. The van der Waals surface area contributed by atoms with Gasteiger partial charge in [0.1, 0.15) is 0 Å². The van der Waals surface area contributed by atoms with Gasteiger partial charge in [-0.05, 0) is 37.6 Å². The first-order valence-corrected chi connectivity index (χ1v) is 5.22. The Bertz CT molecular complexity index is 362. The van der Waals surface area contributed by atoms with Gasteiger partial charge >= 0.3 is 0 Å². The Morgan fingerprint density at radius 2 is 2.06 bits per heavy atom. The molecule has 0 fully saturated rings. The van der Waals surface area contributed by atoms with Gasteiger partial charge in [0.05, 0.1) is 19.4 Å². The normalized spacial score (nSPS) is 10.8. The van der Waals surface area contributed by atoms with Crippen molar-refractivity contribution in [3.8, 4) is 11.5 Å². The average Bonchev–Trinajstić information content (AvgIpc) is 2.27. The molecule has 0 amide bonds. The summed E-state index contributed by atoms with van der Waals surface area (Å²) in [6.07, 6.45) is 1.85. The van der Waals surface area contributed by atoms with E-state index >= 15 is 0 Å². The quantitative estimate of drug-likeness (QED) is 0.612. The number of nitrogens with zero attached hydrogens (tertiary/aromatic N) is 1. The first-order valence-electron chi connectivity index (χ1n) is 5.22. The fraction of sp³-hybridized carbons (Fsp3) is 0.417. The van der Waals surface area contributed by atoms with Gasteiger partial charge in [-0.25, -0.2) is 0 Å². The molecule has 4 nitrogen and oxygen atoms in total. The predicted molar refractivity (Wildman–Crippen MR) is 65.4 cm³/mol. The van der Waals surface area contributed by atoms with Crippen molar-refractivity contribution in [3.05, 3.63) is 23.8 Å². The van der Waals surface area contributed by atoms with Crippen LogP contribution in [-0.2, 0) is 0 Å². The Morgan fingerprint density at radius 3 is 2.62 bits per heavy atom. The summed E-state index contributed by atoms with van der Waals surface area (Å²) in [6, 6.07) is 5.70. The standard InChI is InChI=1S/C12H18N2O2/c1-9(2)16-11-6-5-10(8-14-13-3)7-12(11)15-4/h5-9,13H,1-4H3/b14-8+. The van der Waals surface area contributed by atoms with Crippen LogP contribution < -0.4 is 14.9 Å². The molecule has 0 aromatic heterocycles. The van der Waals surface area contributed by atoms with Crippen LogP contribution in [-0.4, -0.2) is 26.5 Å². The van der Waals surface area contributed by atoms with Crippen LogP contribution in [0.15, 0.2) is 23.3 Å². The van der Waals surface area contributed by atoms with E-state index in [1.807, 2.05) is 32.0 Å². The summed E-state index contributed by atoms with van der Waals surface area (Å²) in [5.74, 6) is 1.47. The Balaban J connectivity index is 2.92. The number of nitrogens with one attached hydrogen (secondary N) is 1. The maximum atomic E-state index is 5.61. The topological polar surface area (TPSA) is 42.9 Å². The van der Waals surface area contributed by atoms with Gasteiger partial charge in [-0.15, -0.1) is 0 Å². The maximum Gasteiger partial charge on any atom is 0.161 e. The fourth-order valence-corrected chi connectivity index (χ4v) is 1.25. The van der Waals surface area contributed by atoms with E-state index in [0.29, 0.717) is 5.75 Å². The summed E-state index contributed by atoms with van der Waals surface area (Å²) in [4.78, 5) is 0. The molecule has 16 heavy (non-hydrogen) atoms. The molecule has 0 bridgehead atoms. The minimum absolute atomic E-state index is 0.130. The van der Waals surface area contributed by atoms with Gasteiger partial charge in [0, 0.05) is 7.05 Å². The first-order chi connectivity index (χ1) is 7.67. The Labute approximate surface area is 96.3 Å². The summed E-state index contributed by atoms with van der Waals surface area (Å²) in [7, 11) is 3.38. The van der Waals surface area contributed by atoms with E-state index in [4.69, 9.17) is 9.47 Å². The summed E-state index contributed by atoms with van der Waals surface area (Å²) in [5, 5.41) is 3.94. The average molecular weight is 222 g/mol. The largest absolute Gasteiger partial charge is 0.493 e. The van der Waals surface area contributed by atoms with Crippen LogP contribution in [0.2, 0.25) is 0 Å². The van der Waals surface area contributed by atoms with Crippen LogP contribution in [0.5, 0.6) is 11.5 Å². The highest BCUT2D eigenvalue weighted by atomic mass is 16.5. The fourth-order valence-electron chi connectivity index (χ4n) is 1.25. The number of benzene rings is 1. The molecule has 1 rings (SSSR count). The summed E-state index contributed by atoms with van der Waals surface area (Å²) >= 11 is 0. The molecule has 1 aromatic rings. The first kappa shape index (κ1) is 12.4. The van der Waals surface area contributed by atoms with Gasteiger partial charge in [0.25, 0.3) is 0 Å². The smallest absolute Gasteiger partial charge is 0.161 e. The lowest BCUT2D eigenvalue weighted by molar-refractivity contribution is 0.230. The van der Waals surface area contributed by atoms with Gasteiger partial charge < -0.3 is 14.9 Å². The highest BCUT2D eigenvalue weighted by Crippen LogP contribution is 2.28. The van der Waals surface area contributed by atoms with Crippen molar-refractivity contribution in [1.29, 1.82) is 0 Å². The molecule has 0 radical (unpaired) electrons. The minimum Gasteiger partial charge on any atom is -0.493 e. The van der Waals surface area contributed by atoms with E-state index in [0.717, 1.165) is 11.3 Å². The summed E-state index contributed by atoms with van der Waals surface area (Å²) in [6.45, 7) is 3.96. The molecule has 88 valence electrons. The van der Waals surface area contributed by atoms with Gasteiger partial charge in [0.15, 0.2) is 11.5 Å². The molecule has 1 N–H and O–H groups in total. The minimum atomic E-state index is 0.130. The lowest BCUT2D eigenvalue weighted by Crippen LogP contribution is -2.06. The molecule has 0 atom stereocenters. The zero-order valence-electron chi connectivity index (χ0n) is 10.2. The molecule has 0 spiro atoms. The lowest BCUT2D eigenvalue weighted by atomic mass is 10.2. The highest BCUT2D eigenvalue weighted by Gasteiger charge is 2.06. The van der Waals surface area contributed by atoms with E-state index in [1.54, 1.807) is 20.4 Å². The van der Waals surface area contributed by atoms with Gasteiger partial charge in [-0.2, -0.15) is 5.10 Å². The zero-order chi connectivity index (χ0) is 12.0. The Morgan fingerprint density at radius 1 is 1.31 bits per heavy atom. The predicted octanol–water partition coefficient (Wildman–Crippen LogP) is 2.04. The van der Waals surface area contributed by atoms with Gasteiger partial charge in [-0.1, -0.05) is 0 Å². The van der Waals surface area contributed by atoms with E-state index in [2.05, 4.69) is 10.5 Å². The second kappa shape index (κ2) is 6.00. The van der Waals surface area contributed by atoms with Crippen molar-refractivity contribution in [2.24, 2.45) is 5.10 Å². The molecule has 0 aliphatic carbocycles. The van der Waals surface area contributed by atoms with Crippen molar-refractivity contribution in [2.45, 2.75) is 20.0 Å². The van der Waals surface area contributed by atoms with Crippen LogP contribution in [0, 0.1) is 0 Å². The molecule has 0 aliphatic rings. The third-order valence-corrected chi connectivity index (χ3v) is 1.89. The third-order valence-electron chi connectivity index (χ3n) is 1.89. The van der Waals surface area contributed by atoms with E-state index < -0.39 is 0 Å². The number of hydrazone groups is 1. The van der Waals surface area contributed by atoms with Crippen molar-refractivity contribution in [1.82, 2.24) is 5.43 Å². The van der Waals surface area contributed by atoms with E-state index in [-0.39, 0.29) is 6.10 Å². The molecule has 0 aliphatic heterocycles. The SMILES string of the molecule is CN/N=C/c1ccc(OC(C)C)c(OC)c1. The van der Waals surface area contributed by atoms with Gasteiger partial charge in [-0.3, -0.25) is 0 Å². The van der Waals surface area contributed by atoms with E-state index in [9.17, 15) is 0 Å². The molecule has 0 saturated carbocycles. The molecular weight excluding hydrogens is 204 g/mol. The molecular formula is C12H18N2O2. The van der Waals surface area contributed by atoms with Crippen molar-refractivity contribution in [2.75, 3.05) is 14.2 Å². The molecule has 0 heterocycles. The van der Waals surface area contributed by atoms with Crippen molar-refractivity contribution in [3.63, 3.8) is 0 Å². The van der Waals surface area contributed by atoms with Crippen LogP contribution in [0.1, 0.15) is 19.4 Å². The third kappa shape index (κ3) is 3.46. The molecule has 1 aromatic carbocycles. The van der Waals surface area contributed by atoms with Crippen LogP contribution in [0.3, 0.4) is 0 Å². The molecule has 0 unspecified atom stereocenters. The van der Waals surface area contributed by atoms with Crippen molar-refractivity contribution >= 4 is 6.21 Å². The second-order valence-electron chi connectivity index (χ2n) is 3.56. The number of methoxy groups -OCH3 is 1. The Kier molecular flexibility index (Phi) is 4.64. The maximum absolute atomic E-state index is 5.61. The second-order valence-corrected chi connectivity index (χ2v) is 3.56.